The molecule has 2 saturated heterocycles. The van der Waals surface area contributed by atoms with Gasteiger partial charge in [-0.05, 0) is 31.0 Å². The van der Waals surface area contributed by atoms with Crippen LogP contribution >= 0.6 is 0 Å². The van der Waals surface area contributed by atoms with Crippen molar-refractivity contribution in [2.45, 2.75) is 38.3 Å². The van der Waals surface area contributed by atoms with E-state index >= 15 is 0 Å². The topological polar surface area (TPSA) is 97.4 Å². The summed E-state index contributed by atoms with van der Waals surface area (Å²) in [6.07, 6.45) is 2.53. The quantitative estimate of drug-likeness (QED) is 0.424. The fraction of sp³-hybridized carbons (Fsp3) is 0.421. The van der Waals surface area contributed by atoms with E-state index in [9.17, 15) is 14.4 Å². The van der Waals surface area contributed by atoms with Gasteiger partial charge in [0.25, 0.3) is 0 Å². The second-order valence-corrected chi connectivity index (χ2v) is 6.07. The van der Waals surface area contributed by atoms with E-state index in [1.165, 1.54) is 18.2 Å². The normalized spacial score (nSPS) is 21.5. The van der Waals surface area contributed by atoms with Crippen molar-refractivity contribution >= 4 is 17.9 Å². The SMILES string of the molecule is C=CC(=O)Oc1cc(C(=O)OC2CCCO2)cc(C(=O)OC2CCCO2)c1. The lowest BCUT2D eigenvalue weighted by Crippen LogP contribution is -2.19. The molecule has 0 bridgehead atoms. The standard InChI is InChI=1S/C19H20O8/c1-2-15(20)25-14-10-12(18(21)26-16-5-3-7-23-16)9-13(11-14)19(22)27-17-6-4-8-24-17/h2,9-11,16-17H,1,3-8H2. The largest absolute Gasteiger partial charge is 0.432 e. The molecular formula is C19H20O8. The molecule has 2 unspecified atom stereocenters. The Bertz CT molecular complexity index is 681. The summed E-state index contributed by atoms with van der Waals surface area (Å²) in [5.74, 6) is -2.10. The molecule has 2 aliphatic heterocycles. The number of hydrogen-bond donors (Lipinski definition) is 0. The maximum Gasteiger partial charge on any atom is 0.340 e. The monoisotopic (exact) mass is 376 g/mol. The van der Waals surface area contributed by atoms with Crippen molar-refractivity contribution in [3.8, 4) is 5.75 Å². The van der Waals surface area contributed by atoms with E-state index in [0.29, 0.717) is 26.1 Å². The molecule has 1 aromatic rings. The molecule has 2 atom stereocenters. The molecule has 0 aliphatic carbocycles. The van der Waals surface area contributed by atoms with Crippen LogP contribution in [0, 0.1) is 0 Å². The minimum absolute atomic E-state index is 0.000908. The number of rotatable bonds is 6. The molecule has 1 aromatic carbocycles. The minimum Gasteiger partial charge on any atom is -0.432 e. The molecule has 2 fully saturated rings. The summed E-state index contributed by atoms with van der Waals surface area (Å²) < 4.78 is 26.1. The fourth-order valence-electron chi connectivity index (χ4n) is 2.71. The molecule has 0 radical (unpaired) electrons. The van der Waals surface area contributed by atoms with Gasteiger partial charge in [-0.15, -0.1) is 0 Å². The van der Waals surface area contributed by atoms with Crippen LogP contribution in [0.5, 0.6) is 5.75 Å². The number of benzene rings is 1. The highest BCUT2D eigenvalue weighted by Crippen LogP contribution is 2.23. The third-order valence-corrected chi connectivity index (χ3v) is 4.02. The van der Waals surface area contributed by atoms with E-state index < -0.39 is 30.5 Å². The Hall–Kier alpha value is -2.71. The zero-order valence-electron chi connectivity index (χ0n) is 14.7. The van der Waals surface area contributed by atoms with Crippen LogP contribution in [-0.4, -0.2) is 43.7 Å². The van der Waals surface area contributed by atoms with Gasteiger partial charge in [0.05, 0.1) is 24.3 Å². The number of carbonyl (C=O) groups excluding carboxylic acids is 3. The lowest BCUT2D eigenvalue weighted by Gasteiger charge is -2.14. The van der Waals surface area contributed by atoms with Crippen molar-refractivity contribution in [1.82, 2.24) is 0 Å². The summed E-state index contributed by atoms with van der Waals surface area (Å²) in [5, 5.41) is 0. The van der Waals surface area contributed by atoms with Gasteiger partial charge in [-0.1, -0.05) is 6.58 Å². The summed E-state index contributed by atoms with van der Waals surface area (Å²) in [7, 11) is 0. The average molecular weight is 376 g/mol. The summed E-state index contributed by atoms with van der Waals surface area (Å²) in [5.41, 5.74) is 0.0818. The number of hydrogen-bond acceptors (Lipinski definition) is 8. The number of carbonyl (C=O) groups is 3. The highest BCUT2D eigenvalue weighted by Gasteiger charge is 2.25. The van der Waals surface area contributed by atoms with Gasteiger partial charge in [0, 0.05) is 18.9 Å². The molecule has 0 saturated carbocycles. The molecule has 3 rings (SSSR count). The maximum atomic E-state index is 12.4. The third kappa shape index (κ3) is 5.15. The first-order valence-corrected chi connectivity index (χ1v) is 8.69. The molecule has 0 aromatic heterocycles. The minimum atomic E-state index is -0.724. The van der Waals surface area contributed by atoms with Crippen LogP contribution in [-0.2, 0) is 23.7 Å². The Morgan fingerprint density at radius 2 is 1.44 bits per heavy atom. The third-order valence-electron chi connectivity index (χ3n) is 4.02. The van der Waals surface area contributed by atoms with E-state index in [4.69, 9.17) is 23.7 Å². The number of esters is 3. The van der Waals surface area contributed by atoms with Crippen molar-refractivity contribution in [2.75, 3.05) is 13.2 Å². The Labute approximate surface area is 156 Å². The lowest BCUT2D eigenvalue weighted by atomic mass is 10.1. The van der Waals surface area contributed by atoms with E-state index in [0.717, 1.165) is 18.9 Å². The number of ether oxygens (including phenoxy) is 5. The van der Waals surface area contributed by atoms with Gasteiger partial charge < -0.3 is 23.7 Å². The Morgan fingerprint density at radius 1 is 0.926 bits per heavy atom. The van der Waals surface area contributed by atoms with Gasteiger partial charge in [0.1, 0.15) is 5.75 Å². The smallest absolute Gasteiger partial charge is 0.340 e. The molecule has 0 spiro atoms. The van der Waals surface area contributed by atoms with Crippen molar-refractivity contribution in [3.63, 3.8) is 0 Å². The predicted octanol–water partition coefficient (Wildman–Crippen LogP) is 2.36. The van der Waals surface area contributed by atoms with Gasteiger partial charge in [0.15, 0.2) is 0 Å². The van der Waals surface area contributed by atoms with Crippen LogP contribution < -0.4 is 4.74 Å². The van der Waals surface area contributed by atoms with Crippen LogP contribution in [0.15, 0.2) is 30.9 Å². The second-order valence-electron chi connectivity index (χ2n) is 6.07. The van der Waals surface area contributed by atoms with E-state index in [1.54, 1.807) is 0 Å². The predicted molar refractivity (Wildman–Crippen MR) is 91.1 cm³/mol. The van der Waals surface area contributed by atoms with Crippen molar-refractivity contribution in [2.24, 2.45) is 0 Å². The van der Waals surface area contributed by atoms with E-state index in [2.05, 4.69) is 6.58 Å². The molecule has 0 N–H and O–H groups in total. The van der Waals surface area contributed by atoms with Crippen LogP contribution in [0.3, 0.4) is 0 Å². The molecule has 27 heavy (non-hydrogen) atoms. The maximum absolute atomic E-state index is 12.4. The Balaban J connectivity index is 1.80. The van der Waals surface area contributed by atoms with Crippen LogP contribution in [0.2, 0.25) is 0 Å². The van der Waals surface area contributed by atoms with Crippen LogP contribution in [0.1, 0.15) is 46.4 Å². The zero-order chi connectivity index (χ0) is 19.2. The van der Waals surface area contributed by atoms with Crippen LogP contribution in [0.4, 0.5) is 0 Å². The van der Waals surface area contributed by atoms with Crippen molar-refractivity contribution in [1.29, 1.82) is 0 Å². The van der Waals surface area contributed by atoms with Crippen molar-refractivity contribution in [3.05, 3.63) is 42.0 Å². The fourth-order valence-corrected chi connectivity index (χ4v) is 2.71. The molecule has 0 amide bonds. The summed E-state index contributed by atoms with van der Waals surface area (Å²) >= 11 is 0. The van der Waals surface area contributed by atoms with E-state index in [1.807, 2.05) is 0 Å². The Kier molecular flexibility index (Phi) is 6.20. The van der Waals surface area contributed by atoms with Gasteiger partial charge >= 0.3 is 17.9 Å². The second kappa shape index (κ2) is 8.79. The van der Waals surface area contributed by atoms with Gasteiger partial charge in [-0.25, -0.2) is 14.4 Å². The zero-order valence-corrected chi connectivity index (χ0v) is 14.7. The lowest BCUT2D eigenvalue weighted by molar-refractivity contribution is -0.129. The molecule has 2 heterocycles. The first-order chi connectivity index (χ1) is 13.0. The van der Waals surface area contributed by atoms with Crippen LogP contribution in [0.25, 0.3) is 0 Å². The summed E-state index contributed by atoms with van der Waals surface area (Å²) in [6, 6.07) is 3.93. The highest BCUT2D eigenvalue weighted by atomic mass is 16.7. The first-order valence-electron chi connectivity index (χ1n) is 8.69. The molecule has 2 aliphatic rings. The Morgan fingerprint density at radius 3 is 1.85 bits per heavy atom. The summed E-state index contributed by atoms with van der Waals surface area (Å²) in [4.78, 5) is 36.3. The van der Waals surface area contributed by atoms with Gasteiger partial charge in [0.2, 0.25) is 12.6 Å². The molecule has 8 heteroatoms. The first kappa shape index (κ1) is 19.1. The highest BCUT2D eigenvalue weighted by molar-refractivity contribution is 5.96. The van der Waals surface area contributed by atoms with Gasteiger partial charge in [-0.3, -0.25) is 0 Å². The van der Waals surface area contributed by atoms with Crippen molar-refractivity contribution < 1.29 is 38.1 Å². The molecular weight excluding hydrogens is 356 g/mol. The van der Waals surface area contributed by atoms with Gasteiger partial charge in [-0.2, -0.15) is 0 Å². The van der Waals surface area contributed by atoms with E-state index in [-0.39, 0.29) is 16.9 Å². The average Bonchev–Trinajstić information content (AvgIpc) is 3.35. The summed E-state index contributed by atoms with van der Waals surface area (Å²) in [6.45, 7) is 4.36. The molecule has 144 valence electrons. The molecule has 8 nitrogen and oxygen atoms in total.